The number of hydrogen-bond acceptors (Lipinski definition) is 4. The second-order valence-electron chi connectivity index (χ2n) is 13.0. The van der Waals surface area contributed by atoms with Crippen LogP contribution in [0.25, 0.3) is 0 Å². The van der Waals surface area contributed by atoms with Crippen LogP contribution < -0.4 is 0 Å². The summed E-state index contributed by atoms with van der Waals surface area (Å²) >= 11 is 0. The summed E-state index contributed by atoms with van der Waals surface area (Å²) in [7, 11) is -1.08. The summed E-state index contributed by atoms with van der Waals surface area (Å²) in [6, 6.07) is 2.46. The minimum atomic E-state index is -0.540. The van der Waals surface area contributed by atoms with E-state index in [2.05, 4.69) is 96.9 Å². The second kappa shape index (κ2) is 10.9. The molecule has 0 aromatic carbocycles. The van der Waals surface area contributed by atoms with E-state index in [9.17, 15) is 0 Å². The second-order valence-corrected chi connectivity index (χ2v) is 18.0. The van der Waals surface area contributed by atoms with Crippen LogP contribution >= 0.6 is 0 Å². The lowest BCUT2D eigenvalue weighted by Crippen LogP contribution is -2.49. The summed E-state index contributed by atoms with van der Waals surface area (Å²) in [5, 5.41) is 0. The Morgan fingerprint density at radius 2 is 0.600 bits per heavy atom. The van der Waals surface area contributed by atoms with Crippen molar-refractivity contribution in [2.24, 2.45) is 0 Å². The molecule has 0 aromatic rings. The third-order valence-corrected chi connectivity index (χ3v) is 8.20. The van der Waals surface area contributed by atoms with Crippen molar-refractivity contribution in [3.8, 4) is 0 Å². The molecule has 0 saturated heterocycles. The molecule has 0 spiro atoms. The normalized spacial score (nSPS) is 15.8. The van der Waals surface area contributed by atoms with Crippen LogP contribution in [0, 0.1) is 0 Å². The third-order valence-electron chi connectivity index (χ3n) is 4.10. The van der Waals surface area contributed by atoms with Gasteiger partial charge in [-0.05, 0) is 96.9 Å². The number of hydrogen-bond donors (Lipinski definition) is 0. The summed E-state index contributed by atoms with van der Waals surface area (Å²) < 4.78 is 25.5. The zero-order valence-corrected chi connectivity index (χ0v) is 25.7. The first-order valence-corrected chi connectivity index (χ1v) is 15.3. The van der Waals surface area contributed by atoms with Crippen LogP contribution in [-0.4, -0.2) is 52.3 Å². The fourth-order valence-electron chi connectivity index (χ4n) is 4.08. The molecule has 0 atom stereocenters. The Labute approximate surface area is 193 Å². The molecule has 0 N–H and O–H groups in total. The van der Waals surface area contributed by atoms with Crippen molar-refractivity contribution in [3.63, 3.8) is 0 Å². The van der Waals surface area contributed by atoms with Crippen molar-refractivity contribution >= 4 is 19.0 Å². The van der Waals surface area contributed by atoms with Gasteiger partial charge in [-0.1, -0.05) is 24.9 Å². The lowest BCUT2D eigenvalue weighted by Gasteiger charge is -2.41. The Bertz CT molecular complexity index is 415. The van der Waals surface area contributed by atoms with E-state index in [1.165, 1.54) is 24.9 Å². The highest BCUT2D eigenvalue weighted by Gasteiger charge is 2.36. The first-order valence-electron chi connectivity index (χ1n) is 11.8. The van der Waals surface area contributed by atoms with Gasteiger partial charge in [-0.2, -0.15) is 0 Å². The highest BCUT2D eigenvalue weighted by molar-refractivity contribution is 6.39. The van der Waals surface area contributed by atoms with Gasteiger partial charge in [0.25, 0.3) is 0 Å². The summed E-state index contributed by atoms with van der Waals surface area (Å²) in [5.74, 6) is 0. The van der Waals surface area contributed by atoms with Gasteiger partial charge in [0, 0.05) is 0 Å². The van der Waals surface area contributed by atoms with Crippen LogP contribution in [0.5, 0.6) is 0 Å². The van der Waals surface area contributed by atoms with E-state index < -0.39 is 29.9 Å². The van der Waals surface area contributed by atoms with Crippen LogP contribution in [0.3, 0.4) is 0 Å². The van der Waals surface area contributed by atoms with Crippen molar-refractivity contribution in [1.29, 1.82) is 0 Å². The molecule has 0 saturated carbocycles. The predicted molar refractivity (Wildman–Crippen MR) is 136 cm³/mol. The molecule has 182 valence electrons. The molecule has 0 fully saturated rings. The molecule has 0 unspecified atom stereocenters. The van der Waals surface area contributed by atoms with Gasteiger partial charge in [-0.15, -0.1) is 0 Å². The molecule has 0 bridgehead atoms. The maximum atomic E-state index is 6.38. The van der Waals surface area contributed by atoms with Gasteiger partial charge in [-0.3, -0.25) is 0 Å². The van der Waals surface area contributed by atoms with Crippen molar-refractivity contribution in [3.05, 3.63) is 0 Å². The number of unbranched alkanes of at least 4 members (excludes halogenated alkanes) is 1. The fraction of sp³-hybridized carbons (Fsp3) is 1.00. The molecule has 0 rings (SSSR count). The number of rotatable bonds is 11. The molecular formula is C24H54O4Si2. The standard InChI is InChI=1S/C24H54O4Si2/c1-19(2,3)25-23(13,26-20(4,5)6)29-17-15-16-18-30-24(14,27-21(7,8)9)28-22(10,11)12/h15-18,29-30H2,1-14H3. The SMILES string of the molecule is CC(C)(C)OC(C)(OC(C)(C)C)[SiH2]CCCC[SiH2]C(C)(OC(C)(C)C)OC(C)(C)C. The average Bonchev–Trinajstić information content (AvgIpc) is 2.33. The molecule has 0 aliphatic heterocycles. The van der Waals surface area contributed by atoms with Gasteiger partial charge in [0.1, 0.15) is 10.8 Å². The molecule has 0 aliphatic rings. The zero-order chi connectivity index (χ0) is 24.1. The largest absolute Gasteiger partial charge is 0.349 e. The van der Waals surface area contributed by atoms with Gasteiger partial charge < -0.3 is 18.9 Å². The van der Waals surface area contributed by atoms with E-state index in [0.29, 0.717) is 0 Å². The zero-order valence-electron chi connectivity index (χ0n) is 22.9. The summed E-state index contributed by atoms with van der Waals surface area (Å²) in [6.45, 7) is 29.7. The molecule has 0 amide bonds. The van der Waals surface area contributed by atoms with Gasteiger partial charge in [0.2, 0.25) is 0 Å². The Hall–Kier alpha value is 0.274. The van der Waals surface area contributed by atoms with Crippen LogP contribution in [0.1, 0.15) is 110 Å². The molecule has 0 aliphatic carbocycles. The van der Waals surface area contributed by atoms with Gasteiger partial charge in [0.05, 0.1) is 41.4 Å². The quantitative estimate of drug-likeness (QED) is 0.229. The average molecular weight is 463 g/mol. The minimum absolute atomic E-state index is 0.198. The Morgan fingerprint density at radius 3 is 0.767 bits per heavy atom. The lowest BCUT2D eigenvalue weighted by atomic mass is 10.2. The van der Waals surface area contributed by atoms with E-state index in [0.717, 1.165) is 0 Å². The third kappa shape index (κ3) is 16.9. The van der Waals surface area contributed by atoms with Crippen molar-refractivity contribution in [2.45, 2.75) is 155 Å². The van der Waals surface area contributed by atoms with E-state index >= 15 is 0 Å². The van der Waals surface area contributed by atoms with Crippen LogP contribution in [0.15, 0.2) is 0 Å². The highest BCUT2D eigenvalue weighted by atomic mass is 28.2. The van der Waals surface area contributed by atoms with E-state index in [1.54, 1.807) is 0 Å². The molecule has 4 nitrogen and oxygen atoms in total. The van der Waals surface area contributed by atoms with Crippen LogP contribution in [0.4, 0.5) is 0 Å². The number of ether oxygens (including phenoxy) is 4. The van der Waals surface area contributed by atoms with Crippen LogP contribution in [0.2, 0.25) is 12.1 Å². The monoisotopic (exact) mass is 462 g/mol. The Morgan fingerprint density at radius 1 is 0.400 bits per heavy atom. The Balaban J connectivity index is 4.71. The van der Waals surface area contributed by atoms with Gasteiger partial charge in [0.15, 0.2) is 0 Å². The molecular weight excluding hydrogens is 408 g/mol. The first-order chi connectivity index (χ1) is 13.0. The maximum Gasteiger partial charge on any atom is 0.143 e. The fourth-order valence-corrected chi connectivity index (χ4v) is 8.71. The summed E-state index contributed by atoms with van der Waals surface area (Å²) in [5.41, 5.74) is -1.64. The highest BCUT2D eigenvalue weighted by Crippen LogP contribution is 2.29. The molecule has 0 heterocycles. The lowest BCUT2D eigenvalue weighted by molar-refractivity contribution is -0.257. The van der Waals surface area contributed by atoms with Crippen molar-refractivity contribution < 1.29 is 18.9 Å². The minimum Gasteiger partial charge on any atom is -0.349 e. The van der Waals surface area contributed by atoms with Crippen molar-refractivity contribution in [2.75, 3.05) is 0 Å². The first kappa shape index (κ1) is 30.3. The summed E-state index contributed by atoms with van der Waals surface area (Å²) in [6.07, 6.45) is 2.47. The Kier molecular flexibility index (Phi) is 11.0. The maximum absolute atomic E-state index is 6.38. The van der Waals surface area contributed by atoms with Gasteiger partial charge >= 0.3 is 0 Å². The van der Waals surface area contributed by atoms with E-state index in [4.69, 9.17) is 18.9 Å². The summed E-state index contributed by atoms with van der Waals surface area (Å²) in [4.78, 5) is 0. The van der Waals surface area contributed by atoms with Crippen molar-refractivity contribution in [1.82, 2.24) is 0 Å². The smallest absolute Gasteiger partial charge is 0.143 e. The molecule has 0 radical (unpaired) electrons. The molecule has 6 heteroatoms. The molecule has 30 heavy (non-hydrogen) atoms. The van der Waals surface area contributed by atoms with E-state index in [1.807, 2.05) is 0 Å². The van der Waals surface area contributed by atoms with Gasteiger partial charge in [-0.25, -0.2) is 0 Å². The topological polar surface area (TPSA) is 36.9 Å². The van der Waals surface area contributed by atoms with E-state index in [-0.39, 0.29) is 22.4 Å². The van der Waals surface area contributed by atoms with Crippen LogP contribution in [-0.2, 0) is 18.9 Å². The molecule has 0 aromatic heterocycles. The predicted octanol–water partition coefficient (Wildman–Crippen LogP) is 5.55.